The first-order chi connectivity index (χ1) is 21.4. The Hall–Kier alpha value is -2.99. The van der Waals surface area contributed by atoms with Crippen LogP contribution in [0, 0.1) is 11.8 Å². The molecule has 0 unspecified atom stereocenters. The van der Waals surface area contributed by atoms with Gasteiger partial charge in [0.25, 0.3) is 0 Å². The summed E-state index contributed by atoms with van der Waals surface area (Å²) in [7, 11) is 0. The van der Waals surface area contributed by atoms with Crippen LogP contribution in [0.2, 0.25) is 0 Å². The van der Waals surface area contributed by atoms with Gasteiger partial charge in [0.1, 0.15) is 11.7 Å². The topological polar surface area (TPSA) is 172 Å². The maximum Gasteiger partial charge on any atom is 0.341 e. The van der Waals surface area contributed by atoms with Gasteiger partial charge >= 0.3 is 29.8 Å². The molecule has 12 heteroatoms. The Labute approximate surface area is 271 Å². The molecule has 0 radical (unpaired) electrons. The third-order valence-electron chi connectivity index (χ3n) is 9.36. The number of esters is 5. The van der Waals surface area contributed by atoms with Gasteiger partial charge in [0.05, 0.1) is 5.92 Å². The zero-order valence-electron chi connectivity index (χ0n) is 28.5. The van der Waals surface area contributed by atoms with Crippen LogP contribution in [0.1, 0.15) is 120 Å². The molecule has 3 aliphatic rings. The van der Waals surface area contributed by atoms with Crippen molar-refractivity contribution in [3.63, 3.8) is 0 Å². The van der Waals surface area contributed by atoms with Crippen LogP contribution in [-0.4, -0.2) is 81.3 Å². The van der Waals surface area contributed by atoms with Crippen molar-refractivity contribution in [1.29, 1.82) is 0 Å². The Morgan fingerprint density at radius 2 is 1.54 bits per heavy atom. The maximum absolute atomic E-state index is 13.3. The van der Waals surface area contributed by atoms with Gasteiger partial charge in [-0.25, -0.2) is 4.79 Å². The highest BCUT2D eigenvalue weighted by molar-refractivity contribution is 5.85. The molecule has 0 amide bonds. The number of carbonyl (C=O) groups excluding carboxylic acids is 5. The number of hydrogen-bond donors (Lipinski definition) is 2. The monoisotopic (exact) mass is 652 g/mol. The van der Waals surface area contributed by atoms with Crippen LogP contribution in [0.15, 0.2) is 11.1 Å². The van der Waals surface area contributed by atoms with Crippen LogP contribution in [0.5, 0.6) is 0 Å². The maximum atomic E-state index is 13.3. The predicted molar refractivity (Wildman–Crippen MR) is 164 cm³/mol. The van der Waals surface area contributed by atoms with Gasteiger partial charge < -0.3 is 33.9 Å². The lowest BCUT2D eigenvalue weighted by molar-refractivity contribution is -0.212. The summed E-state index contributed by atoms with van der Waals surface area (Å²) in [5.41, 5.74) is -6.31. The Balaban J connectivity index is 2.20. The highest BCUT2D eigenvalue weighted by atomic mass is 16.6. The second-order valence-electron chi connectivity index (χ2n) is 13.8. The second-order valence-corrected chi connectivity index (χ2v) is 13.8. The fourth-order valence-electron chi connectivity index (χ4n) is 7.10. The Kier molecular flexibility index (Phi) is 12.1. The smallest absolute Gasteiger partial charge is 0.341 e. The molecule has 1 saturated heterocycles. The molecule has 2 fully saturated rings. The minimum atomic E-state index is -2.56. The van der Waals surface area contributed by atoms with E-state index in [9.17, 15) is 34.2 Å². The number of hydrogen-bond acceptors (Lipinski definition) is 12. The fourth-order valence-corrected chi connectivity index (χ4v) is 7.10. The van der Waals surface area contributed by atoms with Gasteiger partial charge in [-0.05, 0) is 50.7 Å². The summed E-state index contributed by atoms with van der Waals surface area (Å²) in [6.45, 7) is 12.9. The van der Waals surface area contributed by atoms with E-state index in [1.165, 1.54) is 13.8 Å². The lowest BCUT2D eigenvalue weighted by Gasteiger charge is -2.41. The molecule has 1 saturated carbocycles. The molecule has 12 nitrogen and oxygen atoms in total. The van der Waals surface area contributed by atoms with Crippen molar-refractivity contribution in [2.75, 3.05) is 0 Å². The van der Waals surface area contributed by atoms with Crippen LogP contribution >= 0.6 is 0 Å². The SMILES string of the molecule is CCCCCCCC(=O)O[C@H]1[C@H]2C(=C(C)[C@@H]1OC(=O)CC(C)C)[C@@H]1OC(=O)[C@@](C)(O)[C@@]1(O)[C@@H](OC(=O)CCC)C[C@]2(C)OC(C)=O. The number of carbonyl (C=O) groups is 5. The highest BCUT2D eigenvalue weighted by Crippen LogP contribution is 2.57. The van der Waals surface area contributed by atoms with E-state index < -0.39 is 83.4 Å². The number of aliphatic hydroxyl groups is 2. The summed E-state index contributed by atoms with van der Waals surface area (Å²) in [6.07, 6.45) is -1.05. The first kappa shape index (κ1) is 37.5. The van der Waals surface area contributed by atoms with Gasteiger partial charge in [-0.3, -0.25) is 19.2 Å². The summed E-state index contributed by atoms with van der Waals surface area (Å²) in [5.74, 6) is -4.88. The largest absolute Gasteiger partial charge is 0.459 e. The van der Waals surface area contributed by atoms with Crippen molar-refractivity contribution >= 4 is 29.8 Å². The van der Waals surface area contributed by atoms with Crippen LogP contribution in [-0.2, 0) is 47.7 Å². The molecule has 0 aromatic heterocycles. The fraction of sp³-hybridized carbons (Fsp3) is 0.794. The molecule has 0 aromatic rings. The van der Waals surface area contributed by atoms with Gasteiger partial charge in [0, 0.05) is 32.6 Å². The Bertz CT molecular complexity index is 1200. The first-order valence-corrected chi connectivity index (χ1v) is 16.6. The van der Waals surface area contributed by atoms with Gasteiger partial charge in [0.15, 0.2) is 29.5 Å². The van der Waals surface area contributed by atoms with Crippen LogP contribution in [0.3, 0.4) is 0 Å². The summed E-state index contributed by atoms with van der Waals surface area (Å²) < 4.78 is 29.4. The van der Waals surface area contributed by atoms with Gasteiger partial charge in [-0.15, -0.1) is 0 Å². The third-order valence-corrected chi connectivity index (χ3v) is 9.36. The molecular formula is C34H52O12. The number of unbranched alkanes of at least 4 members (excludes halogenated alkanes) is 4. The van der Waals surface area contributed by atoms with E-state index in [0.717, 1.165) is 32.6 Å². The van der Waals surface area contributed by atoms with Gasteiger partial charge in [-0.1, -0.05) is 53.4 Å². The van der Waals surface area contributed by atoms with Crippen LogP contribution in [0.25, 0.3) is 0 Å². The minimum Gasteiger partial charge on any atom is -0.459 e. The molecule has 0 aromatic carbocycles. The van der Waals surface area contributed by atoms with Crippen molar-refractivity contribution in [2.24, 2.45) is 11.8 Å². The molecule has 46 heavy (non-hydrogen) atoms. The molecule has 3 rings (SSSR count). The van der Waals surface area contributed by atoms with Crippen LogP contribution in [0.4, 0.5) is 0 Å². The molecule has 0 bridgehead atoms. The summed E-state index contributed by atoms with van der Waals surface area (Å²) in [4.78, 5) is 65.0. The average Bonchev–Trinajstić information content (AvgIpc) is 3.26. The Morgan fingerprint density at radius 1 is 0.913 bits per heavy atom. The standard InChI is InChI=1S/C34H52O12/c1-9-11-12-13-14-16-24(37)43-29-27-26(20(5)28(29)44-25(38)17-19(3)4)30-34(41,33(8,40)31(39)45-30)22(42-23(36)15-10-2)18-32(27,7)46-21(6)35/h19,22,27-30,40-41H,9-18H2,1-8H3/t22-,27+,28-,29-,30-,32-,33+,34+/m0/s1. The first-order valence-electron chi connectivity index (χ1n) is 16.6. The molecule has 2 N–H and O–H groups in total. The molecular weight excluding hydrogens is 600 g/mol. The van der Waals surface area contributed by atoms with E-state index in [2.05, 4.69) is 6.92 Å². The van der Waals surface area contributed by atoms with E-state index >= 15 is 0 Å². The summed E-state index contributed by atoms with van der Waals surface area (Å²) in [6, 6.07) is 0. The number of ether oxygens (including phenoxy) is 5. The zero-order chi connectivity index (χ0) is 34.6. The molecule has 1 heterocycles. The van der Waals surface area contributed by atoms with Gasteiger partial charge in [0.2, 0.25) is 0 Å². The van der Waals surface area contributed by atoms with Crippen LogP contribution < -0.4 is 0 Å². The van der Waals surface area contributed by atoms with E-state index in [0.29, 0.717) is 18.4 Å². The quantitative estimate of drug-likeness (QED) is 0.120. The van der Waals surface area contributed by atoms with Crippen molar-refractivity contribution in [3.05, 3.63) is 11.1 Å². The summed E-state index contributed by atoms with van der Waals surface area (Å²) >= 11 is 0. The highest BCUT2D eigenvalue weighted by Gasteiger charge is 2.76. The predicted octanol–water partition coefficient (Wildman–Crippen LogP) is 4.01. The van der Waals surface area contributed by atoms with E-state index in [1.807, 2.05) is 13.8 Å². The average molecular weight is 653 g/mol. The normalized spacial score (nSPS) is 33.5. The molecule has 2 aliphatic carbocycles. The van der Waals surface area contributed by atoms with Crippen molar-refractivity contribution in [1.82, 2.24) is 0 Å². The minimum absolute atomic E-state index is 0.0179. The summed E-state index contributed by atoms with van der Waals surface area (Å²) in [5, 5.41) is 23.9. The lowest BCUT2D eigenvalue weighted by Crippen LogP contribution is -2.64. The molecule has 1 aliphatic heterocycles. The molecule has 260 valence electrons. The lowest BCUT2D eigenvalue weighted by atomic mass is 9.75. The van der Waals surface area contributed by atoms with E-state index in [-0.39, 0.29) is 30.8 Å². The van der Waals surface area contributed by atoms with E-state index in [1.54, 1.807) is 13.8 Å². The second kappa shape index (κ2) is 14.8. The molecule has 8 atom stereocenters. The molecule has 0 spiro atoms. The van der Waals surface area contributed by atoms with E-state index in [4.69, 9.17) is 23.7 Å². The van der Waals surface area contributed by atoms with Crippen molar-refractivity contribution in [3.8, 4) is 0 Å². The number of fused-ring (bicyclic) bond motifs is 3. The number of rotatable bonds is 14. The van der Waals surface area contributed by atoms with Crippen molar-refractivity contribution < 1.29 is 57.9 Å². The van der Waals surface area contributed by atoms with Crippen molar-refractivity contribution in [2.45, 2.75) is 161 Å². The zero-order valence-corrected chi connectivity index (χ0v) is 28.5. The Morgan fingerprint density at radius 3 is 2.13 bits per heavy atom. The van der Waals surface area contributed by atoms with Gasteiger partial charge in [-0.2, -0.15) is 0 Å². The third kappa shape index (κ3) is 7.43.